The van der Waals surface area contributed by atoms with Crippen LogP contribution in [-0.4, -0.2) is 55.9 Å². The lowest BCUT2D eigenvalue weighted by Gasteiger charge is -2.36. The van der Waals surface area contributed by atoms with Crippen LogP contribution < -0.4 is 5.73 Å². The molecular formula is C10H20F3N3O2S. The van der Waals surface area contributed by atoms with Crippen molar-refractivity contribution in [3.05, 3.63) is 0 Å². The van der Waals surface area contributed by atoms with Gasteiger partial charge in [0.2, 0.25) is 0 Å². The van der Waals surface area contributed by atoms with Crippen LogP contribution in [0.1, 0.15) is 25.7 Å². The van der Waals surface area contributed by atoms with Gasteiger partial charge in [-0.15, -0.1) is 0 Å². The van der Waals surface area contributed by atoms with E-state index in [0.717, 1.165) is 10.7 Å². The summed E-state index contributed by atoms with van der Waals surface area (Å²) in [6.07, 6.45) is -3.26. The van der Waals surface area contributed by atoms with Crippen molar-refractivity contribution in [2.45, 2.75) is 37.9 Å². The summed E-state index contributed by atoms with van der Waals surface area (Å²) in [4.78, 5) is 0. The first-order valence-electron chi connectivity index (χ1n) is 6.18. The van der Waals surface area contributed by atoms with E-state index in [2.05, 4.69) is 0 Å². The third kappa shape index (κ3) is 4.59. The van der Waals surface area contributed by atoms with Crippen LogP contribution in [0.4, 0.5) is 13.2 Å². The molecular weight excluding hydrogens is 283 g/mol. The summed E-state index contributed by atoms with van der Waals surface area (Å²) in [5.41, 5.74) is 5.53. The van der Waals surface area contributed by atoms with Crippen molar-refractivity contribution in [1.29, 1.82) is 0 Å². The molecule has 1 aliphatic heterocycles. The Morgan fingerprint density at radius 2 is 2.00 bits per heavy atom. The minimum Gasteiger partial charge on any atom is -0.329 e. The lowest BCUT2D eigenvalue weighted by atomic mass is 10.1. The van der Waals surface area contributed by atoms with Crippen molar-refractivity contribution in [3.8, 4) is 0 Å². The SMILES string of the molecule is CN(CCC(F)(F)F)S(=O)(=O)N1CCCCC1CN. The molecule has 0 aromatic heterocycles. The lowest BCUT2D eigenvalue weighted by molar-refractivity contribution is -0.135. The molecule has 2 N–H and O–H groups in total. The van der Waals surface area contributed by atoms with Crippen LogP contribution in [0.15, 0.2) is 0 Å². The third-order valence-corrected chi connectivity index (χ3v) is 5.29. The molecule has 1 fully saturated rings. The molecule has 0 saturated carbocycles. The Hall–Kier alpha value is -0.380. The Labute approximate surface area is 111 Å². The molecule has 1 aliphatic rings. The van der Waals surface area contributed by atoms with Gasteiger partial charge < -0.3 is 5.73 Å². The Balaban J connectivity index is 2.72. The summed E-state index contributed by atoms with van der Waals surface area (Å²) in [5.74, 6) is 0. The molecule has 0 aliphatic carbocycles. The largest absolute Gasteiger partial charge is 0.390 e. The molecule has 0 bridgehead atoms. The second kappa shape index (κ2) is 6.38. The Kier molecular flexibility index (Phi) is 5.60. The highest BCUT2D eigenvalue weighted by atomic mass is 32.2. The molecule has 5 nitrogen and oxygen atoms in total. The van der Waals surface area contributed by atoms with Gasteiger partial charge in [0, 0.05) is 32.7 Å². The van der Waals surface area contributed by atoms with Gasteiger partial charge in [0.25, 0.3) is 10.2 Å². The molecule has 114 valence electrons. The first-order chi connectivity index (χ1) is 8.68. The molecule has 0 spiro atoms. The molecule has 0 aromatic carbocycles. The minimum absolute atomic E-state index is 0.187. The van der Waals surface area contributed by atoms with E-state index in [0.29, 0.717) is 19.4 Å². The van der Waals surface area contributed by atoms with Crippen molar-refractivity contribution in [3.63, 3.8) is 0 Å². The van der Waals surface area contributed by atoms with Gasteiger partial charge in [0.1, 0.15) is 0 Å². The summed E-state index contributed by atoms with van der Waals surface area (Å²) < 4.78 is 62.8. The third-order valence-electron chi connectivity index (χ3n) is 3.25. The quantitative estimate of drug-likeness (QED) is 0.821. The highest BCUT2D eigenvalue weighted by Gasteiger charge is 2.36. The van der Waals surface area contributed by atoms with Crippen LogP contribution in [-0.2, 0) is 10.2 Å². The van der Waals surface area contributed by atoms with E-state index in [4.69, 9.17) is 5.73 Å². The lowest BCUT2D eigenvalue weighted by Crippen LogP contribution is -2.52. The van der Waals surface area contributed by atoms with Gasteiger partial charge in [-0.2, -0.15) is 30.2 Å². The number of alkyl halides is 3. The van der Waals surface area contributed by atoms with E-state index in [1.165, 1.54) is 11.4 Å². The number of hydrogen-bond acceptors (Lipinski definition) is 3. The van der Waals surface area contributed by atoms with Gasteiger partial charge in [-0.25, -0.2) is 0 Å². The van der Waals surface area contributed by atoms with E-state index in [9.17, 15) is 21.6 Å². The average molecular weight is 303 g/mol. The van der Waals surface area contributed by atoms with Crippen LogP contribution in [0.3, 0.4) is 0 Å². The molecule has 19 heavy (non-hydrogen) atoms. The number of halogens is 3. The Morgan fingerprint density at radius 3 is 2.53 bits per heavy atom. The molecule has 0 radical (unpaired) electrons. The summed E-state index contributed by atoms with van der Waals surface area (Å²) in [5, 5.41) is 0. The van der Waals surface area contributed by atoms with Crippen LogP contribution in [0.2, 0.25) is 0 Å². The van der Waals surface area contributed by atoms with Gasteiger partial charge in [-0.3, -0.25) is 0 Å². The standard InChI is InChI=1S/C10H20F3N3O2S/c1-15(7-5-10(11,12)13)19(17,18)16-6-3-2-4-9(16)8-14/h9H,2-8,14H2,1H3. The normalized spacial score (nSPS) is 22.9. The van der Waals surface area contributed by atoms with E-state index in [-0.39, 0.29) is 12.6 Å². The summed E-state index contributed by atoms with van der Waals surface area (Å²) in [7, 11) is -2.69. The zero-order valence-electron chi connectivity index (χ0n) is 10.9. The highest BCUT2D eigenvalue weighted by molar-refractivity contribution is 7.86. The topological polar surface area (TPSA) is 66.6 Å². The fraction of sp³-hybridized carbons (Fsp3) is 1.00. The van der Waals surface area contributed by atoms with Crippen LogP contribution in [0, 0.1) is 0 Å². The van der Waals surface area contributed by atoms with Gasteiger partial charge in [0.05, 0.1) is 6.42 Å². The van der Waals surface area contributed by atoms with Gasteiger partial charge in [0.15, 0.2) is 0 Å². The van der Waals surface area contributed by atoms with Crippen molar-refractivity contribution >= 4 is 10.2 Å². The summed E-state index contributed by atoms with van der Waals surface area (Å²) in [6, 6.07) is -0.313. The number of nitrogens with zero attached hydrogens (tertiary/aromatic N) is 2. The predicted octanol–water partition coefficient (Wildman–Crippen LogP) is 0.929. The van der Waals surface area contributed by atoms with E-state index < -0.39 is 29.4 Å². The van der Waals surface area contributed by atoms with Crippen molar-refractivity contribution in [1.82, 2.24) is 8.61 Å². The fourth-order valence-electron chi connectivity index (χ4n) is 2.09. The van der Waals surface area contributed by atoms with E-state index in [1.807, 2.05) is 0 Å². The van der Waals surface area contributed by atoms with Gasteiger partial charge >= 0.3 is 6.18 Å². The van der Waals surface area contributed by atoms with Gasteiger partial charge in [-0.1, -0.05) is 6.42 Å². The summed E-state index contributed by atoms with van der Waals surface area (Å²) in [6.45, 7) is -0.0630. The molecule has 1 saturated heterocycles. The number of piperidine rings is 1. The first-order valence-corrected chi connectivity index (χ1v) is 7.58. The molecule has 1 unspecified atom stereocenters. The average Bonchev–Trinajstić information content (AvgIpc) is 2.34. The Bertz CT molecular complexity index is 386. The number of rotatable bonds is 5. The van der Waals surface area contributed by atoms with Crippen LogP contribution >= 0.6 is 0 Å². The van der Waals surface area contributed by atoms with Gasteiger partial charge in [-0.05, 0) is 12.8 Å². The van der Waals surface area contributed by atoms with E-state index in [1.54, 1.807) is 0 Å². The maximum Gasteiger partial charge on any atom is 0.390 e. The number of nitrogens with two attached hydrogens (primary N) is 1. The van der Waals surface area contributed by atoms with E-state index >= 15 is 0 Å². The predicted molar refractivity (Wildman–Crippen MR) is 65.6 cm³/mol. The molecule has 0 amide bonds. The maximum absolute atomic E-state index is 12.2. The second-order valence-electron chi connectivity index (χ2n) is 4.69. The number of hydrogen-bond donors (Lipinski definition) is 1. The van der Waals surface area contributed by atoms with Crippen LogP contribution in [0.25, 0.3) is 0 Å². The fourth-order valence-corrected chi connectivity index (χ4v) is 3.70. The zero-order valence-corrected chi connectivity index (χ0v) is 11.7. The highest BCUT2D eigenvalue weighted by Crippen LogP contribution is 2.24. The summed E-state index contributed by atoms with van der Waals surface area (Å²) >= 11 is 0. The smallest absolute Gasteiger partial charge is 0.329 e. The minimum atomic E-state index is -4.36. The molecule has 1 rings (SSSR count). The molecule has 9 heteroatoms. The maximum atomic E-state index is 12.2. The van der Waals surface area contributed by atoms with Crippen molar-refractivity contribution < 1.29 is 21.6 Å². The monoisotopic (exact) mass is 303 g/mol. The molecule has 0 aromatic rings. The van der Waals surface area contributed by atoms with Crippen molar-refractivity contribution in [2.24, 2.45) is 5.73 Å². The first kappa shape index (κ1) is 16.7. The second-order valence-corrected chi connectivity index (χ2v) is 6.68. The Morgan fingerprint density at radius 1 is 1.37 bits per heavy atom. The van der Waals surface area contributed by atoms with Crippen LogP contribution in [0.5, 0.6) is 0 Å². The molecule has 1 heterocycles. The zero-order chi connectivity index (χ0) is 14.7. The van der Waals surface area contributed by atoms with Crippen molar-refractivity contribution in [2.75, 3.05) is 26.7 Å². The molecule has 1 atom stereocenters.